The van der Waals surface area contributed by atoms with Crippen LogP contribution >= 0.6 is 0 Å². The summed E-state index contributed by atoms with van der Waals surface area (Å²) in [6, 6.07) is 13.6. The monoisotopic (exact) mass is 417 g/mol. The van der Waals surface area contributed by atoms with E-state index in [2.05, 4.69) is 10.3 Å². The number of hydrogen-bond acceptors (Lipinski definition) is 3. The molecule has 1 heterocycles. The second kappa shape index (κ2) is 8.61. The summed E-state index contributed by atoms with van der Waals surface area (Å²) in [6.45, 7) is 2.09. The number of ether oxygens (including phenoxy) is 1. The lowest BCUT2D eigenvalue weighted by atomic mass is 9.93. The summed E-state index contributed by atoms with van der Waals surface area (Å²) in [4.78, 5) is 18.7. The minimum Gasteiger partial charge on any atom is -0.466 e. The second-order valence-corrected chi connectivity index (χ2v) is 6.88. The number of alkyl halides is 3. The number of hydrogen-bond donors (Lipinski definition) is 1. The zero-order valence-corrected chi connectivity index (χ0v) is 16.8. The Morgan fingerprint density at radius 3 is 2.50 bits per heavy atom. The number of esters is 1. The van der Waals surface area contributed by atoms with Gasteiger partial charge in [-0.1, -0.05) is 42.5 Å². The van der Waals surface area contributed by atoms with E-state index >= 15 is 0 Å². The van der Waals surface area contributed by atoms with Crippen LogP contribution in [-0.2, 0) is 22.3 Å². The Kier molecular flexibility index (Phi) is 6.14. The molecule has 0 amide bonds. The van der Waals surface area contributed by atoms with Crippen LogP contribution in [0, 0.1) is 0 Å². The minimum absolute atomic E-state index is 0.234. The molecule has 0 spiro atoms. The van der Waals surface area contributed by atoms with Crippen LogP contribution in [0.15, 0.2) is 70.9 Å². The molecule has 3 rings (SSSR count). The van der Waals surface area contributed by atoms with E-state index in [0.29, 0.717) is 23.8 Å². The third-order valence-electron chi connectivity index (χ3n) is 4.98. The molecule has 0 radical (unpaired) electrons. The average molecular weight is 417 g/mol. The quantitative estimate of drug-likeness (QED) is 0.755. The highest BCUT2D eigenvalue weighted by atomic mass is 19.4. The molecule has 158 valence electrons. The highest BCUT2D eigenvalue weighted by Gasteiger charge is 2.36. The topological polar surface area (TPSA) is 53.9 Å². The van der Waals surface area contributed by atoms with Crippen molar-refractivity contribution in [1.82, 2.24) is 10.2 Å². The Bertz CT molecular complexity index is 985. The van der Waals surface area contributed by atoms with Crippen molar-refractivity contribution in [3.8, 4) is 0 Å². The summed E-state index contributed by atoms with van der Waals surface area (Å²) in [7, 11) is 2.97. The van der Waals surface area contributed by atoms with Gasteiger partial charge in [-0.2, -0.15) is 13.2 Å². The van der Waals surface area contributed by atoms with Crippen molar-refractivity contribution >= 4 is 11.9 Å². The molecule has 1 N–H and O–H groups in total. The normalized spacial score (nSPS) is 18.4. The number of nitrogens with zero attached hydrogens (tertiary/aromatic N) is 2. The van der Waals surface area contributed by atoms with E-state index in [1.54, 1.807) is 24.9 Å². The van der Waals surface area contributed by atoms with Crippen molar-refractivity contribution in [3.05, 3.63) is 82.6 Å². The molecule has 1 aliphatic rings. The smallest absolute Gasteiger partial charge is 0.416 e. The predicted octanol–water partition coefficient (Wildman–Crippen LogP) is 4.28. The largest absolute Gasteiger partial charge is 0.466 e. The average Bonchev–Trinajstić information content (AvgIpc) is 2.74. The van der Waals surface area contributed by atoms with E-state index in [0.717, 1.165) is 17.7 Å². The molecule has 1 atom stereocenters. The third-order valence-corrected chi connectivity index (χ3v) is 4.98. The Labute approximate surface area is 172 Å². The molecule has 0 aromatic heterocycles. The Morgan fingerprint density at radius 2 is 1.87 bits per heavy atom. The molecular weight excluding hydrogens is 395 g/mol. The zero-order valence-electron chi connectivity index (χ0n) is 16.8. The lowest BCUT2D eigenvalue weighted by molar-refractivity contribution is -0.137. The number of aliphatic imine (C=N–C) groups is 1. The van der Waals surface area contributed by atoms with E-state index in [4.69, 9.17) is 4.74 Å². The number of benzene rings is 2. The highest BCUT2D eigenvalue weighted by Crippen LogP contribution is 2.35. The minimum atomic E-state index is -4.49. The van der Waals surface area contributed by atoms with Crippen LogP contribution in [0.4, 0.5) is 13.2 Å². The van der Waals surface area contributed by atoms with Gasteiger partial charge in [0, 0.05) is 12.7 Å². The van der Waals surface area contributed by atoms with Crippen molar-refractivity contribution in [2.24, 2.45) is 4.99 Å². The zero-order chi connectivity index (χ0) is 21.9. The maximum Gasteiger partial charge on any atom is 0.416 e. The summed E-state index contributed by atoms with van der Waals surface area (Å²) < 4.78 is 44.6. The van der Waals surface area contributed by atoms with Crippen molar-refractivity contribution in [1.29, 1.82) is 0 Å². The first-order valence-corrected chi connectivity index (χ1v) is 9.27. The summed E-state index contributed by atoms with van der Waals surface area (Å²) in [5.41, 5.74) is 1.28. The van der Waals surface area contributed by atoms with Gasteiger partial charge in [0.1, 0.15) is 0 Å². The predicted molar refractivity (Wildman–Crippen MR) is 107 cm³/mol. The van der Waals surface area contributed by atoms with Crippen LogP contribution < -0.4 is 5.32 Å². The van der Waals surface area contributed by atoms with Crippen LogP contribution in [0.5, 0.6) is 0 Å². The number of allylic oxidation sites excluding steroid dienone is 1. The number of carbonyl (C=O) groups excluding carboxylic acids is 1. The van der Waals surface area contributed by atoms with Crippen LogP contribution in [-0.4, -0.2) is 31.0 Å². The van der Waals surface area contributed by atoms with Crippen LogP contribution in [0.1, 0.15) is 29.7 Å². The second-order valence-electron chi connectivity index (χ2n) is 6.88. The van der Waals surface area contributed by atoms with Gasteiger partial charge in [-0.15, -0.1) is 0 Å². The number of methoxy groups -OCH3 is 1. The van der Waals surface area contributed by atoms with E-state index in [9.17, 15) is 18.0 Å². The molecule has 0 saturated carbocycles. The van der Waals surface area contributed by atoms with Crippen molar-refractivity contribution < 1.29 is 22.7 Å². The molecule has 1 unspecified atom stereocenters. The summed E-state index contributed by atoms with van der Waals surface area (Å²) >= 11 is 0. The molecule has 30 heavy (non-hydrogen) atoms. The van der Waals surface area contributed by atoms with Gasteiger partial charge in [0.2, 0.25) is 0 Å². The van der Waals surface area contributed by atoms with Gasteiger partial charge in [0.15, 0.2) is 5.96 Å². The molecule has 0 bridgehead atoms. The maximum absolute atomic E-state index is 13.2. The van der Waals surface area contributed by atoms with Gasteiger partial charge in [0.05, 0.1) is 30.8 Å². The fourth-order valence-electron chi connectivity index (χ4n) is 3.27. The summed E-state index contributed by atoms with van der Waals surface area (Å²) in [5.74, 6) is -0.164. The number of guanidine groups is 1. The van der Waals surface area contributed by atoms with Crippen LogP contribution in [0.2, 0.25) is 0 Å². The van der Waals surface area contributed by atoms with Gasteiger partial charge < -0.3 is 15.0 Å². The Balaban J connectivity index is 2.04. The van der Waals surface area contributed by atoms with E-state index in [1.807, 2.05) is 30.3 Å². The lowest BCUT2D eigenvalue weighted by Crippen LogP contribution is -2.47. The molecule has 0 fully saturated rings. The highest BCUT2D eigenvalue weighted by molar-refractivity contribution is 5.96. The SMILES string of the molecule is COC(=O)C1=C(C)N(C)C(=NCc2ccccc2)NC1c1cccc(C(F)(F)F)c1. The molecular formula is C22H22F3N3O2. The molecule has 1 aliphatic heterocycles. The standard InChI is InChI=1S/C22H22F3N3O2/c1-14-18(20(29)30-3)19(16-10-7-11-17(12-16)22(23,24)25)27-21(28(14)2)26-13-15-8-5-4-6-9-15/h4-12,19H,13H2,1-3H3,(H,26,27). The summed E-state index contributed by atoms with van der Waals surface area (Å²) in [6.07, 6.45) is -4.49. The van der Waals surface area contributed by atoms with Gasteiger partial charge in [-0.05, 0) is 30.2 Å². The van der Waals surface area contributed by atoms with Gasteiger partial charge >= 0.3 is 12.1 Å². The number of carbonyl (C=O) groups is 1. The fourth-order valence-corrected chi connectivity index (χ4v) is 3.27. The fraction of sp³-hybridized carbons (Fsp3) is 0.273. The van der Waals surface area contributed by atoms with Gasteiger partial charge in [-0.25, -0.2) is 9.79 Å². The first kappa shape index (κ1) is 21.4. The van der Waals surface area contributed by atoms with E-state index in [-0.39, 0.29) is 5.57 Å². The molecule has 2 aromatic carbocycles. The molecule has 0 aliphatic carbocycles. The molecule has 8 heteroatoms. The maximum atomic E-state index is 13.2. The number of nitrogens with one attached hydrogen (secondary N) is 1. The first-order valence-electron chi connectivity index (χ1n) is 9.27. The first-order chi connectivity index (χ1) is 14.2. The van der Waals surface area contributed by atoms with Gasteiger partial charge in [-0.3, -0.25) is 0 Å². The molecule has 2 aromatic rings. The Morgan fingerprint density at radius 1 is 1.17 bits per heavy atom. The van der Waals surface area contributed by atoms with Crippen molar-refractivity contribution in [2.75, 3.05) is 14.2 Å². The molecule has 0 saturated heterocycles. The van der Waals surface area contributed by atoms with E-state index < -0.39 is 23.8 Å². The number of rotatable bonds is 4. The lowest BCUT2D eigenvalue weighted by Gasteiger charge is -2.36. The van der Waals surface area contributed by atoms with E-state index in [1.165, 1.54) is 13.2 Å². The van der Waals surface area contributed by atoms with Crippen molar-refractivity contribution in [3.63, 3.8) is 0 Å². The van der Waals surface area contributed by atoms with Crippen molar-refractivity contribution in [2.45, 2.75) is 25.7 Å². The molecule has 5 nitrogen and oxygen atoms in total. The Hall–Kier alpha value is -3.29. The number of halogens is 3. The summed E-state index contributed by atoms with van der Waals surface area (Å²) in [5, 5.41) is 3.11. The van der Waals surface area contributed by atoms with Gasteiger partial charge in [0.25, 0.3) is 0 Å². The third kappa shape index (κ3) is 4.48. The van der Waals surface area contributed by atoms with Crippen LogP contribution in [0.3, 0.4) is 0 Å². The van der Waals surface area contributed by atoms with Crippen LogP contribution in [0.25, 0.3) is 0 Å².